The number of ether oxygens (including phenoxy) is 4. The normalized spacial score (nSPS) is 14.8. The highest BCUT2D eigenvalue weighted by molar-refractivity contribution is 9.10. The Morgan fingerprint density at radius 2 is 1.73 bits per heavy atom. The van der Waals surface area contributed by atoms with Crippen LogP contribution >= 0.6 is 27.3 Å². The predicted octanol–water partition coefficient (Wildman–Crippen LogP) is 4.21. The number of aryl methyl sites for hydroxylation is 1. The zero-order chi connectivity index (χ0) is 29.7. The summed E-state index contributed by atoms with van der Waals surface area (Å²) in [5.74, 6) is -0.235. The number of carbonyl (C=O) groups is 2. The quantitative estimate of drug-likeness (QED) is 0.305. The van der Waals surface area contributed by atoms with Crippen LogP contribution in [0.2, 0.25) is 0 Å². The van der Waals surface area contributed by atoms with Gasteiger partial charge in [-0.2, -0.15) is 0 Å². The van der Waals surface area contributed by atoms with Crippen LogP contribution in [0.5, 0.6) is 11.5 Å². The Kier molecular flexibility index (Phi) is 9.82. The number of nitrogens with zero attached hydrogens (tertiary/aromatic N) is 2. The fourth-order valence-electron chi connectivity index (χ4n) is 4.42. The smallest absolute Gasteiger partial charge is 0.344 e. The average molecular weight is 644 g/mol. The largest absolute Gasteiger partial charge is 0.490 e. The molecular weight excluding hydrogens is 612 g/mol. The van der Waals surface area contributed by atoms with E-state index in [9.17, 15) is 14.4 Å². The third-order valence-corrected chi connectivity index (χ3v) is 7.75. The van der Waals surface area contributed by atoms with Crippen LogP contribution in [-0.2, 0) is 19.1 Å². The summed E-state index contributed by atoms with van der Waals surface area (Å²) in [6.45, 7) is 9.58. The zero-order valence-electron chi connectivity index (χ0n) is 23.5. The maximum atomic E-state index is 13.9. The van der Waals surface area contributed by atoms with Crippen molar-refractivity contribution in [1.29, 1.82) is 0 Å². The molecule has 4 rings (SSSR count). The molecule has 0 saturated heterocycles. The van der Waals surface area contributed by atoms with Gasteiger partial charge in [-0.3, -0.25) is 9.36 Å². The molecule has 11 heteroatoms. The Morgan fingerprint density at radius 3 is 2.39 bits per heavy atom. The highest BCUT2D eigenvalue weighted by Crippen LogP contribution is 2.37. The highest BCUT2D eigenvalue weighted by Gasteiger charge is 2.33. The molecule has 3 aromatic rings. The van der Waals surface area contributed by atoms with E-state index < -0.39 is 18.0 Å². The first-order valence-electron chi connectivity index (χ1n) is 13.2. The molecule has 0 N–H and O–H groups in total. The summed E-state index contributed by atoms with van der Waals surface area (Å²) in [4.78, 5) is 43.9. The highest BCUT2D eigenvalue weighted by atomic mass is 79.9. The molecule has 0 spiro atoms. The fraction of sp³-hybridized carbons (Fsp3) is 0.333. The van der Waals surface area contributed by atoms with Crippen LogP contribution in [0.15, 0.2) is 61.9 Å². The molecule has 2 heterocycles. The van der Waals surface area contributed by atoms with Gasteiger partial charge in [0.05, 0.1) is 46.1 Å². The Bertz CT molecular complexity index is 1670. The summed E-state index contributed by atoms with van der Waals surface area (Å²) in [6, 6.07) is 10.5. The number of carbonyl (C=O) groups excluding carboxylic acids is 2. The first-order valence-corrected chi connectivity index (χ1v) is 14.8. The van der Waals surface area contributed by atoms with Gasteiger partial charge in [0.15, 0.2) is 22.9 Å². The molecule has 41 heavy (non-hydrogen) atoms. The summed E-state index contributed by atoms with van der Waals surface area (Å²) in [5, 5.41) is 0. The second-order valence-corrected chi connectivity index (χ2v) is 10.9. The molecule has 1 aliphatic rings. The van der Waals surface area contributed by atoms with E-state index in [4.69, 9.17) is 18.9 Å². The molecule has 1 aromatic heterocycles. The van der Waals surface area contributed by atoms with Crippen LogP contribution < -0.4 is 24.4 Å². The van der Waals surface area contributed by atoms with Crippen molar-refractivity contribution < 1.29 is 28.5 Å². The number of thiazole rings is 1. The van der Waals surface area contributed by atoms with E-state index in [1.807, 2.05) is 38.1 Å². The molecule has 0 fully saturated rings. The Labute approximate surface area is 249 Å². The van der Waals surface area contributed by atoms with Crippen LogP contribution in [0.4, 0.5) is 0 Å². The van der Waals surface area contributed by atoms with Gasteiger partial charge in [0.2, 0.25) is 0 Å². The second kappa shape index (κ2) is 13.3. The van der Waals surface area contributed by atoms with E-state index >= 15 is 0 Å². The van der Waals surface area contributed by atoms with Gasteiger partial charge >= 0.3 is 11.9 Å². The molecule has 0 amide bonds. The fourth-order valence-corrected chi connectivity index (χ4v) is 6.04. The molecule has 0 saturated carbocycles. The van der Waals surface area contributed by atoms with E-state index in [2.05, 4.69) is 20.9 Å². The lowest BCUT2D eigenvalue weighted by Crippen LogP contribution is -2.39. The maximum absolute atomic E-state index is 13.9. The minimum Gasteiger partial charge on any atom is -0.490 e. The van der Waals surface area contributed by atoms with Crippen molar-refractivity contribution in [2.75, 3.05) is 26.4 Å². The molecule has 0 unspecified atom stereocenters. The standard InChI is InChI=1S/C30H31BrN2O7S/c1-6-37-22-14-19(13-21(31)27(22)40-16-24(34)38-7-2)15-23-28(35)33-26(20-11-9-17(4)10-12-20)25(29(36)39-8-3)18(5)32-30(33)41-23/h9-15,26H,6-8,16H2,1-5H3/b23-15+/t26-/m1/s1. The minimum absolute atomic E-state index is 0.206. The van der Waals surface area contributed by atoms with Gasteiger partial charge in [-0.05, 0) is 79.9 Å². The van der Waals surface area contributed by atoms with Crippen molar-refractivity contribution in [2.45, 2.75) is 40.7 Å². The van der Waals surface area contributed by atoms with Gasteiger partial charge in [0.25, 0.3) is 5.56 Å². The first kappa shape index (κ1) is 30.3. The van der Waals surface area contributed by atoms with Crippen LogP contribution in [0, 0.1) is 6.92 Å². The first-order chi connectivity index (χ1) is 19.7. The number of fused-ring (bicyclic) bond motifs is 1. The van der Waals surface area contributed by atoms with Crippen molar-refractivity contribution in [3.8, 4) is 11.5 Å². The average Bonchev–Trinajstić information content (AvgIpc) is 3.22. The Hall–Kier alpha value is -3.70. The lowest BCUT2D eigenvalue weighted by molar-refractivity contribution is -0.145. The van der Waals surface area contributed by atoms with E-state index in [0.717, 1.165) is 11.1 Å². The maximum Gasteiger partial charge on any atom is 0.344 e. The summed E-state index contributed by atoms with van der Waals surface area (Å²) in [6.07, 6.45) is 1.74. The summed E-state index contributed by atoms with van der Waals surface area (Å²) < 4.78 is 24.3. The summed E-state index contributed by atoms with van der Waals surface area (Å²) >= 11 is 4.74. The summed E-state index contributed by atoms with van der Waals surface area (Å²) in [5.41, 5.74) is 3.06. The van der Waals surface area contributed by atoms with Gasteiger partial charge in [-0.15, -0.1) is 0 Å². The lowest BCUT2D eigenvalue weighted by atomic mass is 9.95. The number of hydrogen-bond acceptors (Lipinski definition) is 9. The van der Waals surface area contributed by atoms with E-state index in [0.29, 0.717) is 48.7 Å². The Balaban J connectivity index is 1.83. The van der Waals surface area contributed by atoms with Crippen LogP contribution in [0.1, 0.15) is 50.4 Å². The monoisotopic (exact) mass is 642 g/mol. The molecule has 2 aromatic carbocycles. The van der Waals surface area contributed by atoms with Crippen LogP contribution in [0.25, 0.3) is 6.08 Å². The third kappa shape index (κ3) is 6.62. The number of esters is 2. The van der Waals surface area contributed by atoms with Crippen molar-refractivity contribution in [3.63, 3.8) is 0 Å². The molecule has 216 valence electrons. The lowest BCUT2D eigenvalue weighted by Gasteiger charge is -2.24. The molecule has 9 nitrogen and oxygen atoms in total. The number of rotatable bonds is 10. The van der Waals surface area contributed by atoms with Gasteiger partial charge in [0.1, 0.15) is 0 Å². The number of aromatic nitrogens is 1. The molecule has 0 aliphatic carbocycles. The topological polar surface area (TPSA) is 105 Å². The second-order valence-electron chi connectivity index (χ2n) is 9.07. The third-order valence-electron chi connectivity index (χ3n) is 6.18. The SMILES string of the molecule is CCOC(=O)COc1c(Br)cc(/C=c2/sc3n(c2=O)[C@H](c2ccc(C)cc2)C(C(=O)OCC)=C(C)N=3)cc1OCC. The van der Waals surface area contributed by atoms with Crippen molar-refractivity contribution >= 4 is 45.3 Å². The minimum atomic E-state index is -0.683. The van der Waals surface area contributed by atoms with Gasteiger partial charge in [-0.1, -0.05) is 41.2 Å². The molecule has 1 aliphatic heterocycles. The zero-order valence-corrected chi connectivity index (χ0v) is 25.9. The predicted molar refractivity (Wildman–Crippen MR) is 159 cm³/mol. The van der Waals surface area contributed by atoms with E-state index in [1.165, 1.54) is 11.3 Å². The number of halogens is 1. The summed E-state index contributed by atoms with van der Waals surface area (Å²) in [7, 11) is 0. The van der Waals surface area contributed by atoms with Crippen molar-refractivity contribution in [2.24, 2.45) is 4.99 Å². The van der Waals surface area contributed by atoms with E-state index in [1.54, 1.807) is 43.5 Å². The molecular formula is C30H31BrN2O7S. The Morgan fingerprint density at radius 1 is 1.02 bits per heavy atom. The number of hydrogen-bond donors (Lipinski definition) is 0. The van der Waals surface area contributed by atoms with Gasteiger partial charge in [-0.25, -0.2) is 14.6 Å². The van der Waals surface area contributed by atoms with Gasteiger partial charge < -0.3 is 18.9 Å². The molecule has 0 bridgehead atoms. The number of allylic oxidation sites excluding steroid dienone is 1. The number of benzene rings is 2. The van der Waals surface area contributed by atoms with Crippen LogP contribution in [-0.4, -0.2) is 42.9 Å². The van der Waals surface area contributed by atoms with Crippen molar-refractivity contribution in [3.05, 3.63) is 88.5 Å². The molecule has 1 atom stereocenters. The van der Waals surface area contributed by atoms with Crippen LogP contribution in [0.3, 0.4) is 0 Å². The van der Waals surface area contributed by atoms with Gasteiger partial charge in [0, 0.05) is 0 Å². The van der Waals surface area contributed by atoms with E-state index in [-0.39, 0.29) is 25.4 Å². The van der Waals surface area contributed by atoms with Crippen molar-refractivity contribution in [1.82, 2.24) is 4.57 Å². The molecule has 0 radical (unpaired) electrons.